The van der Waals surface area contributed by atoms with Gasteiger partial charge in [-0.2, -0.15) is 0 Å². The van der Waals surface area contributed by atoms with Gasteiger partial charge in [0.1, 0.15) is 23.9 Å². The van der Waals surface area contributed by atoms with Gasteiger partial charge in [0.15, 0.2) is 0 Å². The van der Waals surface area contributed by atoms with Gasteiger partial charge in [-0.1, -0.05) is 6.92 Å². The molecule has 1 amide bonds. The first-order valence-corrected chi connectivity index (χ1v) is 11.8. The van der Waals surface area contributed by atoms with Crippen LogP contribution in [0.4, 0.5) is 16.3 Å². The van der Waals surface area contributed by atoms with Crippen LogP contribution < -0.4 is 9.64 Å². The van der Waals surface area contributed by atoms with E-state index in [1.165, 1.54) is 0 Å². The van der Waals surface area contributed by atoms with Gasteiger partial charge >= 0.3 is 6.09 Å². The van der Waals surface area contributed by atoms with Crippen LogP contribution in [0.15, 0.2) is 24.7 Å². The SMILES string of the molecule is COCC1CN(C(=O)OC(C)(C)C)CC(C)C1Oc1ncnc(N2CCc3ncccc32)c1C. The summed E-state index contributed by atoms with van der Waals surface area (Å²) < 4.78 is 17.6. The van der Waals surface area contributed by atoms with E-state index in [1.807, 2.05) is 40.0 Å². The average molecular weight is 470 g/mol. The third-order valence-corrected chi connectivity index (χ3v) is 6.26. The van der Waals surface area contributed by atoms with Gasteiger partial charge in [-0.15, -0.1) is 0 Å². The summed E-state index contributed by atoms with van der Waals surface area (Å²) in [6, 6.07) is 4.01. The number of hydrogen-bond donors (Lipinski definition) is 0. The van der Waals surface area contributed by atoms with Gasteiger partial charge < -0.3 is 24.0 Å². The molecule has 0 saturated carbocycles. The van der Waals surface area contributed by atoms with Crippen LogP contribution in [0.25, 0.3) is 0 Å². The number of anilines is 2. The molecule has 9 nitrogen and oxygen atoms in total. The van der Waals surface area contributed by atoms with E-state index in [0.29, 0.717) is 25.6 Å². The molecule has 3 unspecified atom stereocenters. The van der Waals surface area contributed by atoms with E-state index in [1.54, 1.807) is 18.3 Å². The molecule has 2 aliphatic rings. The first-order valence-electron chi connectivity index (χ1n) is 11.8. The van der Waals surface area contributed by atoms with Gasteiger partial charge in [-0.3, -0.25) is 4.98 Å². The summed E-state index contributed by atoms with van der Waals surface area (Å²) in [6.45, 7) is 12.0. The molecule has 4 rings (SSSR count). The minimum atomic E-state index is -0.539. The zero-order valence-electron chi connectivity index (χ0n) is 20.9. The number of methoxy groups -OCH3 is 1. The maximum absolute atomic E-state index is 12.7. The van der Waals surface area contributed by atoms with Crippen LogP contribution in [0.2, 0.25) is 0 Å². The van der Waals surface area contributed by atoms with E-state index < -0.39 is 5.60 Å². The number of pyridine rings is 1. The second-order valence-corrected chi connectivity index (χ2v) is 10.2. The Hall–Kier alpha value is -2.94. The van der Waals surface area contributed by atoms with Crippen molar-refractivity contribution in [2.45, 2.75) is 52.7 Å². The Kier molecular flexibility index (Phi) is 6.93. The number of amides is 1. The fourth-order valence-corrected chi connectivity index (χ4v) is 4.80. The molecular weight excluding hydrogens is 434 g/mol. The molecule has 0 spiro atoms. The number of nitrogens with zero attached hydrogens (tertiary/aromatic N) is 5. The summed E-state index contributed by atoms with van der Waals surface area (Å²) in [5.41, 5.74) is 2.50. The minimum Gasteiger partial charge on any atom is -0.473 e. The third kappa shape index (κ3) is 5.09. The van der Waals surface area contributed by atoms with Crippen LogP contribution in [-0.4, -0.2) is 71.0 Å². The van der Waals surface area contributed by atoms with Gasteiger partial charge in [0.25, 0.3) is 0 Å². The van der Waals surface area contributed by atoms with Crippen molar-refractivity contribution < 1.29 is 19.0 Å². The Balaban J connectivity index is 1.54. The molecule has 0 bridgehead atoms. The Morgan fingerprint density at radius 3 is 2.74 bits per heavy atom. The maximum atomic E-state index is 12.7. The average Bonchev–Trinajstić information content (AvgIpc) is 3.20. The summed E-state index contributed by atoms with van der Waals surface area (Å²) in [7, 11) is 1.67. The van der Waals surface area contributed by atoms with Crippen LogP contribution in [0.5, 0.6) is 5.88 Å². The normalized spacial score (nSPS) is 22.5. The number of piperidine rings is 1. The summed E-state index contributed by atoms with van der Waals surface area (Å²) >= 11 is 0. The lowest BCUT2D eigenvalue weighted by molar-refractivity contribution is -0.0421. The van der Waals surface area contributed by atoms with E-state index in [0.717, 1.165) is 35.7 Å². The van der Waals surface area contributed by atoms with Crippen molar-refractivity contribution in [3.05, 3.63) is 35.9 Å². The molecule has 0 aliphatic carbocycles. The first kappa shape index (κ1) is 24.2. The van der Waals surface area contributed by atoms with Crippen LogP contribution in [0.3, 0.4) is 0 Å². The third-order valence-electron chi connectivity index (χ3n) is 6.26. The quantitative estimate of drug-likeness (QED) is 0.654. The molecule has 1 fully saturated rings. The number of likely N-dealkylation sites (tertiary alicyclic amines) is 1. The second kappa shape index (κ2) is 9.74. The predicted molar refractivity (Wildman–Crippen MR) is 128 cm³/mol. The van der Waals surface area contributed by atoms with Gasteiger partial charge in [0, 0.05) is 51.2 Å². The highest BCUT2D eigenvalue weighted by molar-refractivity contribution is 5.69. The van der Waals surface area contributed by atoms with E-state index in [-0.39, 0.29) is 24.0 Å². The minimum absolute atomic E-state index is 0.0178. The van der Waals surface area contributed by atoms with Gasteiger partial charge in [-0.25, -0.2) is 14.8 Å². The molecule has 4 heterocycles. The van der Waals surface area contributed by atoms with Gasteiger partial charge in [0.05, 0.1) is 23.6 Å². The number of hydrogen-bond acceptors (Lipinski definition) is 8. The molecule has 0 aromatic carbocycles. The molecular formula is C25H35N5O4. The number of carbonyl (C=O) groups is 1. The Bertz CT molecular complexity index is 1020. The monoisotopic (exact) mass is 469 g/mol. The fourth-order valence-electron chi connectivity index (χ4n) is 4.80. The summed E-state index contributed by atoms with van der Waals surface area (Å²) in [4.78, 5) is 30.2. The van der Waals surface area contributed by atoms with E-state index in [9.17, 15) is 4.79 Å². The van der Waals surface area contributed by atoms with Gasteiger partial charge in [-0.05, 0) is 39.8 Å². The van der Waals surface area contributed by atoms with Crippen molar-refractivity contribution in [1.82, 2.24) is 19.9 Å². The topological polar surface area (TPSA) is 89.9 Å². The molecule has 1 saturated heterocycles. The van der Waals surface area contributed by atoms with Crippen molar-refractivity contribution in [3.63, 3.8) is 0 Å². The van der Waals surface area contributed by atoms with Crippen LogP contribution in [0.1, 0.15) is 39.0 Å². The molecule has 2 aliphatic heterocycles. The highest BCUT2D eigenvalue weighted by Gasteiger charge is 2.40. The zero-order valence-corrected chi connectivity index (χ0v) is 20.9. The summed E-state index contributed by atoms with van der Waals surface area (Å²) in [6.07, 6.45) is 3.79. The number of aromatic nitrogens is 3. The van der Waals surface area contributed by atoms with Crippen molar-refractivity contribution in [2.75, 3.05) is 38.3 Å². The molecule has 2 aromatic heterocycles. The van der Waals surface area contributed by atoms with E-state index >= 15 is 0 Å². The molecule has 184 valence electrons. The largest absolute Gasteiger partial charge is 0.473 e. The van der Waals surface area contributed by atoms with Crippen LogP contribution in [-0.2, 0) is 15.9 Å². The fraction of sp³-hybridized carbons (Fsp3) is 0.600. The predicted octanol–water partition coefficient (Wildman–Crippen LogP) is 3.77. The number of fused-ring (bicyclic) bond motifs is 1. The molecule has 0 N–H and O–H groups in total. The molecule has 34 heavy (non-hydrogen) atoms. The maximum Gasteiger partial charge on any atom is 0.410 e. The lowest BCUT2D eigenvalue weighted by Gasteiger charge is -2.42. The molecule has 0 radical (unpaired) electrons. The van der Waals surface area contributed by atoms with Crippen LogP contribution in [0, 0.1) is 18.8 Å². The highest BCUT2D eigenvalue weighted by Crippen LogP contribution is 2.37. The standard InChI is InChI=1S/C25H35N5O4/c1-16-12-29(24(31)34-25(3,4)5)13-18(14-32-6)21(16)33-23-17(2)22(27-15-28-23)30-11-9-19-20(30)8-7-10-26-19/h7-8,10,15-16,18,21H,9,11-14H2,1-6H3. The molecule has 2 aromatic rings. The Labute approximate surface area is 201 Å². The first-order chi connectivity index (χ1) is 16.2. The van der Waals surface area contributed by atoms with Crippen molar-refractivity contribution in [3.8, 4) is 5.88 Å². The Morgan fingerprint density at radius 1 is 1.21 bits per heavy atom. The second-order valence-electron chi connectivity index (χ2n) is 10.2. The molecule has 9 heteroatoms. The number of carbonyl (C=O) groups excluding carboxylic acids is 1. The van der Waals surface area contributed by atoms with E-state index in [2.05, 4.69) is 32.8 Å². The smallest absolute Gasteiger partial charge is 0.410 e. The number of rotatable bonds is 5. The van der Waals surface area contributed by atoms with Crippen molar-refractivity contribution >= 4 is 17.6 Å². The van der Waals surface area contributed by atoms with Crippen LogP contribution >= 0.6 is 0 Å². The van der Waals surface area contributed by atoms with E-state index in [4.69, 9.17) is 14.2 Å². The lowest BCUT2D eigenvalue weighted by Crippen LogP contribution is -2.54. The van der Waals surface area contributed by atoms with Crippen molar-refractivity contribution in [2.24, 2.45) is 11.8 Å². The summed E-state index contributed by atoms with van der Waals surface area (Å²) in [5, 5.41) is 0. The van der Waals surface area contributed by atoms with Gasteiger partial charge in [0.2, 0.25) is 5.88 Å². The summed E-state index contributed by atoms with van der Waals surface area (Å²) in [5.74, 6) is 1.44. The Morgan fingerprint density at radius 2 is 2.00 bits per heavy atom. The van der Waals surface area contributed by atoms with Crippen molar-refractivity contribution in [1.29, 1.82) is 0 Å². The highest BCUT2D eigenvalue weighted by atomic mass is 16.6. The zero-order chi connectivity index (χ0) is 24.5. The molecule has 3 atom stereocenters. The lowest BCUT2D eigenvalue weighted by atomic mass is 9.87. The number of ether oxygens (including phenoxy) is 3.